The molecule has 0 atom stereocenters. The third-order valence-electron chi connectivity index (χ3n) is 3.99. The van der Waals surface area contributed by atoms with Crippen molar-refractivity contribution in [2.24, 2.45) is 0 Å². The van der Waals surface area contributed by atoms with E-state index in [1.165, 1.54) is 5.56 Å². The molecule has 3 heteroatoms. The Kier molecular flexibility index (Phi) is 5.47. The van der Waals surface area contributed by atoms with Crippen LogP contribution in [0.2, 0.25) is 0 Å². The molecule has 25 heavy (non-hydrogen) atoms. The predicted octanol–water partition coefficient (Wildman–Crippen LogP) is 4.97. The maximum atomic E-state index is 12.6. The van der Waals surface area contributed by atoms with Gasteiger partial charge in [-0.15, -0.1) is 0 Å². The standard InChI is InChI=1S/C22H21NO2/c1-2-17-12-14-18(15-13-17)16-23-22(24)20-10-6-7-11-21(20)25-19-8-4-3-5-9-19/h3-15H,2,16H2,1H3,(H,23,24). The van der Waals surface area contributed by atoms with Gasteiger partial charge in [0.15, 0.2) is 0 Å². The Bertz CT molecular complexity index is 826. The van der Waals surface area contributed by atoms with Gasteiger partial charge in [0.25, 0.3) is 5.91 Å². The average molecular weight is 331 g/mol. The fourth-order valence-electron chi connectivity index (χ4n) is 2.53. The maximum absolute atomic E-state index is 12.6. The molecule has 0 saturated heterocycles. The zero-order chi connectivity index (χ0) is 17.5. The summed E-state index contributed by atoms with van der Waals surface area (Å²) in [7, 11) is 0. The molecular weight excluding hydrogens is 310 g/mol. The van der Waals surface area contributed by atoms with Gasteiger partial charge in [-0.05, 0) is 41.8 Å². The van der Waals surface area contributed by atoms with E-state index < -0.39 is 0 Å². The van der Waals surface area contributed by atoms with Crippen molar-refractivity contribution in [2.45, 2.75) is 19.9 Å². The Labute approximate surface area is 148 Å². The third-order valence-corrected chi connectivity index (χ3v) is 3.99. The minimum absolute atomic E-state index is 0.147. The van der Waals surface area contributed by atoms with Gasteiger partial charge in [0.1, 0.15) is 11.5 Å². The van der Waals surface area contributed by atoms with Crippen LogP contribution in [0.5, 0.6) is 11.5 Å². The zero-order valence-corrected chi connectivity index (χ0v) is 14.2. The van der Waals surface area contributed by atoms with Crippen LogP contribution in [0.3, 0.4) is 0 Å². The number of carbonyl (C=O) groups excluding carboxylic acids is 1. The first-order valence-corrected chi connectivity index (χ1v) is 8.44. The molecule has 0 bridgehead atoms. The van der Waals surface area contributed by atoms with Crippen molar-refractivity contribution in [2.75, 3.05) is 0 Å². The lowest BCUT2D eigenvalue weighted by molar-refractivity contribution is 0.0948. The number of para-hydroxylation sites is 2. The van der Waals surface area contributed by atoms with Crippen molar-refractivity contribution in [3.05, 3.63) is 95.6 Å². The molecule has 0 unspecified atom stereocenters. The number of rotatable bonds is 6. The highest BCUT2D eigenvalue weighted by atomic mass is 16.5. The van der Waals surface area contributed by atoms with Crippen molar-refractivity contribution in [1.29, 1.82) is 0 Å². The quantitative estimate of drug-likeness (QED) is 0.692. The largest absolute Gasteiger partial charge is 0.457 e. The van der Waals surface area contributed by atoms with Crippen molar-refractivity contribution >= 4 is 5.91 Å². The van der Waals surface area contributed by atoms with E-state index in [9.17, 15) is 4.79 Å². The van der Waals surface area contributed by atoms with Gasteiger partial charge >= 0.3 is 0 Å². The van der Waals surface area contributed by atoms with E-state index in [4.69, 9.17) is 4.74 Å². The number of benzene rings is 3. The summed E-state index contributed by atoms with van der Waals surface area (Å²) in [6.07, 6.45) is 1.01. The monoisotopic (exact) mass is 331 g/mol. The van der Waals surface area contributed by atoms with Crippen LogP contribution in [0, 0.1) is 0 Å². The molecule has 0 saturated carbocycles. The SMILES string of the molecule is CCc1ccc(CNC(=O)c2ccccc2Oc2ccccc2)cc1. The molecule has 0 spiro atoms. The average Bonchev–Trinajstić information content (AvgIpc) is 2.68. The summed E-state index contributed by atoms with van der Waals surface area (Å²) in [5.41, 5.74) is 2.89. The van der Waals surface area contributed by atoms with Crippen LogP contribution < -0.4 is 10.1 Å². The van der Waals surface area contributed by atoms with Crippen LogP contribution in [0.1, 0.15) is 28.4 Å². The van der Waals surface area contributed by atoms with E-state index in [1.54, 1.807) is 12.1 Å². The number of carbonyl (C=O) groups is 1. The van der Waals surface area contributed by atoms with Gasteiger partial charge in [-0.1, -0.05) is 61.5 Å². The van der Waals surface area contributed by atoms with E-state index in [0.29, 0.717) is 23.6 Å². The van der Waals surface area contributed by atoms with Crippen LogP contribution in [0.4, 0.5) is 0 Å². The first kappa shape index (κ1) is 16.8. The second-order valence-electron chi connectivity index (χ2n) is 5.76. The summed E-state index contributed by atoms with van der Waals surface area (Å²) in [5.74, 6) is 1.11. The lowest BCUT2D eigenvalue weighted by Crippen LogP contribution is -2.23. The fourth-order valence-corrected chi connectivity index (χ4v) is 2.53. The summed E-state index contributed by atoms with van der Waals surface area (Å²) in [4.78, 5) is 12.6. The van der Waals surface area contributed by atoms with Gasteiger partial charge in [0.05, 0.1) is 5.56 Å². The molecule has 0 aliphatic heterocycles. The zero-order valence-electron chi connectivity index (χ0n) is 14.2. The molecule has 3 aromatic rings. The van der Waals surface area contributed by atoms with Gasteiger partial charge in [-0.3, -0.25) is 4.79 Å². The van der Waals surface area contributed by atoms with Gasteiger partial charge < -0.3 is 10.1 Å². The number of ether oxygens (including phenoxy) is 1. The molecule has 0 fully saturated rings. The summed E-state index contributed by atoms with van der Waals surface area (Å²) >= 11 is 0. The van der Waals surface area contributed by atoms with Gasteiger partial charge in [0, 0.05) is 6.54 Å². The number of hydrogen-bond acceptors (Lipinski definition) is 2. The molecule has 0 radical (unpaired) electrons. The lowest BCUT2D eigenvalue weighted by atomic mass is 10.1. The molecule has 3 aromatic carbocycles. The summed E-state index contributed by atoms with van der Waals surface area (Å²) < 4.78 is 5.85. The first-order valence-electron chi connectivity index (χ1n) is 8.44. The highest BCUT2D eigenvalue weighted by Crippen LogP contribution is 2.25. The van der Waals surface area contributed by atoms with Gasteiger partial charge in [0.2, 0.25) is 0 Å². The van der Waals surface area contributed by atoms with Crippen molar-refractivity contribution in [3.8, 4) is 11.5 Å². The Hall–Kier alpha value is -3.07. The normalized spacial score (nSPS) is 10.3. The second-order valence-corrected chi connectivity index (χ2v) is 5.76. The van der Waals surface area contributed by atoms with Gasteiger partial charge in [-0.25, -0.2) is 0 Å². The third kappa shape index (κ3) is 4.48. The van der Waals surface area contributed by atoms with E-state index in [0.717, 1.165) is 12.0 Å². The van der Waals surface area contributed by atoms with E-state index >= 15 is 0 Å². The molecule has 1 amide bonds. The fraction of sp³-hybridized carbons (Fsp3) is 0.136. The first-order chi connectivity index (χ1) is 12.3. The minimum atomic E-state index is -0.147. The van der Waals surface area contributed by atoms with E-state index in [1.807, 2.05) is 54.6 Å². The summed E-state index contributed by atoms with van der Waals surface area (Å²) in [5, 5.41) is 2.96. The molecule has 0 aliphatic rings. The highest BCUT2D eigenvalue weighted by molar-refractivity contribution is 5.96. The highest BCUT2D eigenvalue weighted by Gasteiger charge is 2.12. The Morgan fingerprint density at radius 2 is 1.48 bits per heavy atom. The van der Waals surface area contributed by atoms with Crippen molar-refractivity contribution in [1.82, 2.24) is 5.32 Å². The molecular formula is C22H21NO2. The Morgan fingerprint density at radius 3 is 2.20 bits per heavy atom. The van der Waals surface area contributed by atoms with Crippen LogP contribution in [-0.4, -0.2) is 5.91 Å². The lowest BCUT2D eigenvalue weighted by Gasteiger charge is -2.11. The molecule has 3 nitrogen and oxygen atoms in total. The number of aryl methyl sites for hydroxylation is 1. The van der Waals surface area contributed by atoms with Crippen LogP contribution in [0.15, 0.2) is 78.9 Å². The predicted molar refractivity (Wildman–Crippen MR) is 99.9 cm³/mol. The molecule has 126 valence electrons. The smallest absolute Gasteiger partial charge is 0.255 e. The Morgan fingerprint density at radius 1 is 0.840 bits per heavy atom. The number of amides is 1. The molecule has 0 aromatic heterocycles. The summed E-state index contributed by atoms with van der Waals surface area (Å²) in [6, 6.07) is 25.0. The molecule has 0 heterocycles. The summed E-state index contributed by atoms with van der Waals surface area (Å²) in [6.45, 7) is 2.61. The van der Waals surface area contributed by atoms with Crippen molar-refractivity contribution in [3.63, 3.8) is 0 Å². The molecule has 3 rings (SSSR count). The van der Waals surface area contributed by atoms with Crippen LogP contribution in [-0.2, 0) is 13.0 Å². The number of nitrogens with one attached hydrogen (secondary N) is 1. The molecule has 0 aliphatic carbocycles. The minimum Gasteiger partial charge on any atom is -0.457 e. The Balaban J connectivity index is 1.69. The topological polar surface area (TPSA) is 38.3 Å². The molecule has 1 N–H and O–H groups in total. The van der Waals surface area contributed by atoms with E-state index in [2.05, 4.69) is 24.4 Å². The van der Waals surface area contributed by atoms with Crippen LogP contribution >= 0.6 is 0 Å². The van der Waals surface area contributed by atoms with Gasteiger partial charge in [-0.2, -0.15) is 0 Å². The number of hydrogen-bond donors (Lipinski definition) is 1. The second kappa shape index (κ2) is 8.15. The van der Waals surface area contributed by atoms with E-state index in [-0.39, 0.29) is 5.91 Å². The van der Waals surface area contributed by atoms with Crippen molar-refractivity contribution < 1.29 is 9.53 Å². The van der Waals surface area contributed by atoms with Crippen LogP contribution in [0.25, 0.3) is 0 Å². The maximum Gasteiger partial charge on any atom is 0.255 e.